The van der Waals surface area contributed by atoms with Gasteiger partial charge in [-0.25, -0.2) is 0 Å². The molecule has 5 unspecified atom stereocenters. The van der Waals surface area contributed by atoms with Crippen LogP contribution in [0, 0.1) is 17.8 Å². The lowest BCUT2D eigenvalue weighted by atomic mass is 9.88. The third-order valence-electron chi connectivity index (χ3n) is 5.66. The van der Waals surface area contributed by atoms with Crippen LogP contribution in [0.5, 0.6) is 0 Å². The molecule has 2 aliphatic carbocycles. The Labute approximate surface area is 112 Å². The first kappa shape index (κ1) is 12.9. The van der Waals surface area contributed by atoms with E-state index in [1.165, 1.54) is 58.0 Å². The summed E-state index contributed by atoms with van der Waals surface area (Å²) in [6, 6.07) is 1.47. The molecule has 3 aliphatic rings. The first-order valence-electron chi connectivity index (χ1n) is 8.28. The molecule has 0 spiro atoms. The highest BCUT2D eigenvalue weighted by Crippen LogP contribution is 2.47. The van der Waals surface area contributed by atoms with Gasteiger partial charge in [0.15, 0.2) is 0 Å². The maximum atomic E-state index is 3.82. The Morgan fingerprint density at radius 1 is 1.17 bits per heavy atom. The molecule has 2 nitrogen and oxygen atoms in total. The molecule has 0 amide bonds. The van der Waals surface area contributed by atoms with Crippen molar-refractivity contribution in [3.05, 3.63) is 0 Å². The predicted octanol–water partition coefficient (Wildman–Crippen LogP) is 2.93. The minimum absolute atomic E-state index is 0.694. The van der Waals surface area contributed by atoms with Crippen molar-refractivity contribution in [3.63, 3.8) is 0 Å². The molecule has 1 heterocycles. The fourth-order valence-corrected chi connectivity index (χ4v) is 4.61. The van der Waals surface area contributed by atoms with Gasteiger partial charge in [-0.05, 0) is 76.3 Å². The molecule has 0 aromatic rings. The van der Waals surface area contributed by atoms with E-state index in [1.54, 1.807) is 6.42 Å². The monoisotopic (exact) mass is 250 g/mol. The van der Waals surface area contributed by atoms with Crippen LogP contribution >= 0.6 is 0 Å². The van der Waals surface area contributed by atoms with Gasteiger partial charge in [0.25, 0.3) is 0 Å². The van der Waals surface area contributed by atoms with Gasteiger partial charge in [-0.2, -0.15) is 0 Å². The third-order valence-corrected chi connectivity index (χ3v) is 5.66. The van der Waals surface area contributed by atoms with E-state index in [0.29, 0.717) is 6.04 Å². The van der Waals surface area contributed by atoms with Gasteiger partial charge in [0.05, 0.1) is 0 Å². The van der Waals surface area contributed by atoms with E-state index in [2.05, 4.69) is 17.6 Å². The Morgan fingerprint density at radius 2 is 2.11 bits per heavy atom. The van der Waals surface area contributed by atoms with Crippen molar-refractivity contribution in [2.45, 2.75) is 70.4 Å². The molecule has 1 saturated heterocycles. The highest BCUT2D eigenvalue weighted by Gasteiger charge is 2.39. The third kappa shape index (κ3) is 3.08. The molecule has 18 heavy (non-hydrogen) atoms. The second kappa shape index (κ2) is 5.92. The lowest BCUT2D eigenvalue weighted by molar-refractivity contribution is 0.290. The summed E-state index contributed by atoms with van der Waals surface area (Å²) in [5.41, 5.74) is 0. The molecule has 0 aromatic carbocycles. The van der Waals surface area contributed by atoms with E-state index in [4.69, 9.17) is 0 Å². The van der Waals surface area contributed by atoms with Crippen LogP contribution in [0.2, 0.25) is 0 Å². The van der Waals surface area contributed by atoms with Crippen LogP contribution in [-0.4, -0.2) is 25.2 Å². The van der Waals surface area contributed by atoms with Gasteiger partial charge in [0.2, 0.25) is 0 Å². The summed E-state index contributed by atoms with van der Waals surface area (Å²) in [5, 5.41) is 7.48. The second-order valence-corrected chi connectivity index (χ2v) is 7.13. The molecule has 104 valence electrons. The fourth-order valence-electron chi connectivity index (χ4n) is 4.61. The van der Waals surface area contributed by atoms with Crippen molar-refractivity contribution in [1.29, 1.82) is 0 Å². The number of hydrogen-bond acceptors (Lipinski definition) is 2. The molecule has 2 N–H and O–H groups in total. The van der Waals surface area contributed by atoms with Crippen molar-refractivity contribution in [2.75, 3.05) is 13.1 Å². The van der Waals surface area contributed by atoms with E-state index in [1.807, 2.05) is 0 Å². The summed E-state index contributed by atoms with van der Waals surface area (Å²) in [7, 11) is 0. The van der Waals surface area contributed by atoms with Gasteiger partial charge in [0, 0.05) is 12.1 Å². The average molecular weight is 250 g/mol. The quantitative estimate of drug-likeness (QED) is 0.784. The number of piperidine rings is 1. The molecular weight excluding hydrogens is 220 g/mol. The molecule has 3 rings (SSSR count). The average Bonchev–Trinajstić information content (AvgIpc) is 3.00. The maximum Gasteiger partial charge on any atom is 0.00817 e. The largest absolute Gasteiger partial charge is 0.314 e. The molecule has 1 aliphatic heterocycles. The van der Waals surface area contributed by atoms with E-state index < -0.39 is 0 Å². The Balaban J connectivity index is 1.35. The number of rotatable bonds is 5. The summed E-state index contributed by atoms with van der Waals surface area (Å²) >= 11 is 0. The molecule has 2 bridgehead atoms. The van der Waals surface area contributed by atoms with E-state index >= 15 is 0 Å². The van der Waals surface area contributed by atoms with Crippen LogP contribution in [0.15, 0.2) is 0 Å². The SMILES string of the molecule is CC(CC1CCCCN1)NCC1CC2CCC1C2. The molecule has 5 atom stereocenters. The highest BCUT2D eigenvalue weighted by atomic mass is 15.0. The van der Waals surface area contributed by atoms with Gasteiger partial charge in [-0.15, -0.1) is 0 Å². The zero-order chi connectivity index (χ0) is 12.4. The van der Waals surface area contributed by atoms with E-state index in [0.717, 1.165) is 23.8 Å². The molecule has 0 radical (unpaired) electrons. The normalized spacial score (nSPS) is 41.2. The Hall–Kier alpha value is -0.0800. The first-order valence-corrected chi connectivity index (χ1v) is 8.28. The van der Waals surface area contributed by atoms with Gasteiger partial charge >= 0.3 is 0 Å². The summed E-state index contributed by atoms with van der Waals surface area (Å²) in [4.78, 5) is 0. The Morgan fingerprint density at radius 3 is 2.78 bits per heavy atom. The van der Waals surface area contributed by atoms with Crippen molar-refractivity contribution < 1.29 is 0 Å². The maximum absolute atomic E-state index is 3.82. The smallest absolute Gasteiger partial charge is 0.00817 e. The van der Waals surface area contributed by atoms with Crippen molar-refractivity contribution in [1.82, 2.24) is 10.6 Å². The Kier molecular flexibility index (Phi) is 4.25. The molecule has 3 fully saturated rings. The second-order valence-electron chi connectivity index (χ2n) is 7.13. The van der Waals surface area contributed by atoms with Crippen molar-refractivity contribution in [2.24, 2.45) is 17.8 Å². The lowest BCUT2D eigenvalue weighted by Crippen LogP contribution is -2.41. The molecular formula is C16H30N2. The van der Waals surface area contributed by atoms with Crippen LogP contribution in [0.1, 0.15) is 58.3 Å². The Bertz CT molecular complexity index is 260. The summed E-state index contributed by atoms with van der Waals surface area (Å²) in [6.45, 7) is 4.91. The number of fused-ring (bicyclic) bond motifs is 2. The van der Waals surface area contributed by atoms with Crippen molar-refractivity contribution in [3.8, 4) is 0 Å². The number of hydrogen-bond donors (Lipinski definition) is 2. The molecule has 2 saturated carbocycles. The van der Waals surface area contributed by atoms with Gasteiger partial charge in [0.1, 0.15) is 0 Å². The van der Waals surface area contributed by atoms with Crippen LogP contribution in [-0.2, 0) is 0 Å². The zero-order valence-electron chi connectivity index (χ0n) is 12.0. The van der Waals surface area contributed by atoms with E-state index in [-0.39, 0.29) is 0 Å². The topological polar surface area (TPSA) is 24.1 Å². The fraction of sp³-hybridized carbons (Fsp3) is 1.00. The van der Waals surface area contributed by atoms with Crippen LogP contribution < -0.4 is 10.6 Å². The molecule has 2 heteroatoms. The first-order chi connectivity index (χ1) is 8.81. The standard InChI is InChI=1S/C16H30N2/c1-12(8-16-4-2-3-7-17-16)18-11-15-10-13-5-6-14(15)9-13/h12-18H,2-11H2,1H3. The lowest BCUT2D eigenvalue weighted by Gasteiger charge is -2.28. The summed E-state index contributed by atoms with van der Waals surface area (Å²) < 4.78 is 0. The van der Waals surface area contributed by atoms with Crippen LogP contribution in [0.25, 0.3) is 0 Å². The summed E-state index contributed by atoms with van der Waals surface area (Å²) in [6.07, 6.45) is 11.6. The number of nitrogens with one attached hydrogen (secondary N) is 2. The predicted molar refractivity (Wildman–Crippen MR) is 76.7 cm³/mol. The minimum Gasteiger partial charge on any atom is -0.314 e. The summed E-state index contributed by atoms with van der Waals surface area (Å²) in [5.74, 6) is 3.17. The van der Waals surface area contributed by atoms with E-state index in [9.17, 15) is 0 Å². The molecule has 0 aromatic heterocycles. The minimum atomic E-state index is 0.694. The highest BCUT2D eigenvalue weighted by molar-refractivity contribution is 4.91. The van der Waals surface area contributed by atoms with Crippen LogP contribution in [0.3, 0.4) is 0 Å². The van der Waals surface area contributed by atoms with Gasteiger partial charge < -0.3 is 10.6 Å². The van der Waals surface area contributed by atoms with Gasteiger partial charge in [-0.3, -0.25) is 0 Å². The van der Waals surface area contributed by atoms with Crippen molar-refractivity contribution >= 4 is 0 Å². The zero-order valence-corrected chi connectivity index (χ0v) is 12.0. The van der Waals surface area contributed by atoms with Gasteiger partial charge in [-0.1, -0.05) is 12.8 Å². The van der Waals surface area contributed by atoms with Crippen LogP contribution in [0.4, 0.5) is 0 Å².